The van der Waals surface area contributed by atoms with Crippen LogP contribution in [0.1, 0.15) is 59.8 Å². The summed E-state index contributed by atoms with van der Waals surface area (Å²) in [6.45, 7) is 8.98. The molecule has 0 aliphatic carbocycles. The lowest BCUT2D eigenvalue weighted by Gasteiger charge is -2.31. The van der Waals surface area contributed by atoms with E-state index in [2.05, 4.69) is 24.1 Å². The molecule has 19 heavy (non-hydrogen) atoms. The van der Waals surface area contributed by atoms with E-state index in [-0.39, 0.29) is 24.1 Å². The van der Waals surface area contributed by atoms with Gasteiger partial charge in [-0.15, -0.1) is 0 Å². The summed E-state index contributed by atoms with van der Waals surface area (Å²) < 4.78 is 0. The van der Waals surface area contributed by atoms with E-state index in [1.165, 1.54) is 0 Å². The Morgan fingerprint density at radius 1 is 1.37 bits per heavy atom. The Kier molecular flexibility index (Phi) is 6.80. The van der Waals surface area contributed by atoms with Gasteiger partial charge in [0.1, 0.15) is 0 Å². The molecule has 4 nitrogen and oxygen atoms in total. The minimum Gasteiger partial charge on any atom is -0.393 e. The third kappa shape index (κ3) is 4.77. The van der Waals surface area contributed by atoms with E-state index in [1.54, 1.807) is 0 Å². The molecule has 3 unspecified atom stereocenters. The molecule has 0 aromatic carbocycles. The molecule has 1 fully saturated rings. The van der Waals surface area contributed by atoms with Crippen molar-refractivity contribution in [2.45, 2.75) is 84.0 Å². The van der Waals surface area contributed by atoms with Gasteiger partial charge in [0.05, 0.1) is 12.1 Å². The van der Waals surface area contributed by atoms with Crippen LogP contribution in [0, 0.1) is 0 Å². The minimum atomic E-state index is -0.292. The Bertz CT molecular complexity index is 277. The fraction of sp³-hybridized carbons (Fsp3) is 0.933. The van der Waals surface area contributed by atoms with Gasteiger partial charge in [-0.25, -0.2) is 0 Å². The van der Waals surface area contributed by atoms with Gasteiger partial charge in [0.15, 0.2) is 0 Å². The van der Waals surface area contributed by atoms with E-state index in [0.29, 0.717) is 6.04 Å². The second kappa shape index (κ2) is 7.85. The summed E-state index contributed by atoms with van der Waals surface area (Å²) in [5.41, 5.74) is 0. The first-order chi connectivity index (χ1) is 8.99. The summed E-state index contributed by atoms with van der Waals surface area (Å²) in [4.78, 5) is 14.5. The van der Waals surface area contributed by atoms with Crippen LogP contribution < -0.4 is 5.32 Å². The first-order valence-electron chi connectivity index (χ1n) is 7.73. The summed E-state index contributed by atoms with van der Waals surface area (Å²) in [7, 11) is 0. The van der Waals surface area contributed by atoms with E-state index in [4.69, 9.17) is 0 Å². The number of aliphatic hydroxyl groups excluding tert-OH is 1. The molecule has 1 saturated heterocycles. The zero-order valence-electron chi connectivity index (χ0n) is 12.9. The smallest absolute Gasteiger partial charge is 0.237 e. The number of rotatable bonds is 7. The molecule has 0 aromatic rings. The van der Waals surface area contributed by atoms with E-state index >= 15 is 0 Å². The van der Waals surface area contributed by atoms with Gasteiger partial charge in [-0.1, -0.05) is 13.8 Å². The van der Waals surface area contributed by atoms with E-state index < -0.39 is 0 Å². The summed E-state index contributed by atoms with van der Waals surface area (Å²) >= 11 is 0. The molecule has 0 bridgehead atoms. The number of nitrogens with zero attached hydrogens (tertiary/aromatic N) is 1. The standard InChI is InChI=1S/C15H30N2O2/c1-5-13(6-2)16-15(19)12(4)17-9-7-8-14(17)10-11(3)18/h11-14,18H,5-10H2,1-4H3,(H,16,19). The molecule has 1 heterocycles. The number of hydrogen-bond donors (Lipinski definition) is 2. The second-order valence-electron chi connectivity index (χ2n) is 5.82. The fourth-order valence-corrected chi connectivity index (χ4v) is 2.98. The Hall–Kier alpha value is -0.610. The maximum absolute atomic E-state index is 12.3. The first kappa shape index (κ1) is 16.4. The minimum absolute atomic E-state index is 0.0909. The van der Waals surface area contributed by atoms with Crippen LogP contribution in [0.25, 0.3) is 0 Å². The number of likely N-dealkylation sites (tertiary alicyclic amines) is 1. The lowest BCUT2D eigenvalue weighted by molar-refractivity contribution is -0.127. The molecule has 0 saturated carbocycles. The van der Waals surface area contributed by atoms with Crippen molar-refractivity contribution in [1.29, 1.82) is 0 Å². The summed E-state index contributed by atoms with van der Waals surface area (Å²) in [6.07, 6.45) is 4.65. The molecule has 1 aliphatic rings. The third-order valence-electron chi connectivity index (χ3n) is 4.24. The Labute approximate surface area is 117 Å². The number of nitrogens with one attached hydrogen (secondary N) is 1. The van der Waals surface area contributed by atoms with Crippen molar-refractivity contribution in [2.75, 3.05) is 6.54 Å². The summed E-state index contributed by atoms with van der Waals surface area (Å²) in [5, 5.41) is 12.7. The van der Waals surface area contributed by atoms with Crippen LogP contribution in [0.5, 0.6) is 0 Å². The Morgan fingerprint density at radius 3 is 2.53 bits per heavy atom. The van der Waals surface area contributed by atoms with Crippen LogP contribution in [0.2, 0.25) is 0 Å². The largest absolute Gasteiger partial charge is 0.393 e. The predicted molar refractivity (Wildman–Crippen MR) is 78.0 cm³/mol. The van der Waals surface area contributed by atoms with Gasteiger partial charge < -0.3 is 10.4 Å². The molecule has 2 N–H and O–H groups in total. The summed E-state index contributed by atoms with van der Waals surface area (Å²) in [5.74, 6) is 0.131. The van der Waals surface area contributed by atoms with Crippen molar-refractivity contribution in [2.24, 2.45) is 0 Å². The predicted octanol–water partition coefficient (Wildman–Crippen LogP) is 1.91. The number of aliphatic hydroxyl groups is 1. The molecule has 112 valence electrons. The van der Waals surface area contributed by atoms with E-state index in [9.17, 15) is 9.90 Å². The maximum atomic E-state index is 12.3. The van der Waals surface area contributed by atoms with Gasteiger partial charge in [-0.3, -0.25) is 9.69 Å². The number of amides is 1. The highest BCUT2D eigenvalue weighted by Crippen LogP contribution is 2.24. The fourth-order valence-electron chi connectivity index (χ4n) is 2.98. The number of hydrogen-bond acceptors (Lipinski definition) is 3. The SMILES string of the molecule is CCC(CC)NC(=O)C(C)N1CCCC1CC(C)O. The van der Waals surface area contributed by atoms with Crippen LogP contribution in [0.15, 0.2) is 0 Å². The normalized spacial score (nSPS) is 23.6. The average Bonchev–Trinajstić information content (AvgIpc) is 2.81. The van der Waals surface area contributed by atoms with Crippen LogP contribution in [0.3, 0.4) is 0 Å². The third-order valence-corrected chi connectivity index (χ3v) is 4.24. The lowest BCUT2D eigenvalue weighted by atomic mass is 10.1. The highest BCUT2D eigenvalue weighted by atomic mass is 16.3. The van der Waals surface area contributed by atoms with Crippen molar-refractivity contribution in [1.82, 2.24) is 10.2 Å². The lowest BCUT2D eigenvalue weighted by Crippen LogP contribution is -2.50. The van der Waals surface area contributed by atoms with Crippen molar-refractivity contribution < 1.29 is 9.90 Å². The number of carbonyl (C=O) groups excluding carboxylic acids is 1. The molecule has 0 aromatic heterocycles. The quantitative estimate of drug-likeness (QED) is 0.743. The topological polar surface area (TPSA) is 52.6 Å². The summed E-state index contributed by atoms with van der Waals surface area (Å²) in [6, 6.07) is 0.544. The molecule has 1 amide bonds. The number of carbonyl (C=O) groups is 1. The van der Waals surface area contributed by atoms with Crippen molar-refractivity contribution in [3.63, 3.8) is 0 Å². The molecular weight excluding hydrogens is 240 g/mol. The molecule has 3 atom stereocenters. The molecule has 1 aliphatic heterocycles. The molecule has 1 rings (SSSR count). The monoisotopic (exact) mass is 270 g/mol. The Balaban J connectivity index is 2.55. The average molecular weight is 270 g/mol. The Morgan fingerprint density at radius 2 is 2.00 bits per heavy atom. The van der Waals surface area contributed by atoms with Crippen LogP contribution >= 0.6 is 0 Å². The molecule has 0 radical (unpaired) electrons. The molecular formula is C15H30N2O2. The van der Waals surface area contributed by atoms with Crippen LogP contribution in [-0.2, 0) is 4.79 Å². The van der Waals surface area contributed by atoms with Gasteiger partial charge in [-0.2, -0.15) is 0 Å². The van der Waals surface area contributed by atoms with Gasteiger partial charge in [0, 0.05) is 12.1 Å². The van der Waals surface area contributed by atoms with Gasteiger partial charge in [0.2, 0.25) is 5.91 Å². The zero-order chi connectivity index (χ0) is 14.4. The van der Waals surface area contributed by atoms with Crippen molar-refractivity contribution in [3.8, 4) is 0 Å². The first-order valence-corrected chi connectivity index (χ1v) is 7.73. The van der Waals surface area contributed by atoms with E-state index in [1.807, 2.05) is 13.8 Å². The zero-order valence-corrected chi connectivity index (χ0v) is 12.9. The van der Waals surface area contributed by atoms with Crippen molar-refractivity contribution >= 4 is 5.91 Å². The second-order valence-corrected chi connectivity index (χ2v) is 5.82. The van der Waals surface area contributed by atoms with Gasteiger partial charge >= 0.3 is 0 Å². The van der Waals surface area contributed by atoms with Crippen LogP contribution in [0.4, 0.5) is 0 Å². The molecule has 4 heteroatoms. The maximum Gasteiger partial charge on any atom is 0.237 e. The highest BCUT2D eigenvalue weighted by Gasteiger charge is 2.32. The van der Waals surface area contributed by atoms with E-state index in [0.717, 1.165) is 38.6 Å². The van der Waals surface area contributed by atoms with Gasteiger partial charge in [-0.05, 0) is 52.5 Å². The van der Waals surface area contributed by atoms with Crippen LogP contribution in [-0.4, -0.2) is 46.7 Å². The molecule has 0 spiro atoms. The highest BCUT2D eigenvalue weighted by molar-refractivity contribution is 5.81. The van der Waals surface area contributed by atoms with Gasteiger partial charge in [0.25, 0.3) is 0 Å². The van der Waals surface area contributed by atoms with Crippen molar-refractivity contribution in [3.05, 3.63) is 0 Å².